The maximum Gasteiger partial charge on any atom is 0.391 e. The SMILES string of the molecule is O=C1NCCN(C(=O)N[C@H](c2ccc(F)c(Cl)c2F)C2CC(C(F)(F)F)C2)[C@@H]1C1CC1. The van der Waals surface area contributed by atoms with Crippen molar-refractivity contribution in [2.45, 2.75) is 43.9 Å². The van der Waals surface area contributed by atoms with Crippen LogP contribution in [0.4, 0.5) is 26.7 Å². The van der Waals surface area contributed by atoms with Gasteiger partial charge in [0.2, 0.25) is 5.91 Å². The van der Waals surface area contributed by atoms with Crippen LogP contribution in [0.3, 0.4) is 0 Å². The van der Waals surface area contributed by atoms with Crippen molar-refractivity contribution in [2.24, 2.45) is 17.8 Å². The maximum atomic E-state index is 14.7. The van der Waals surface area contributed by atoms with Gasteiger partial charge in [-0.1, -0.05) is 17.7 Å². The highest BCUT2D eigenvalue weighted by atomic mass is 35.5. The molecule has 5 nitrogen and oxygen atoms in total. The highest BCUT2D eigenvalue weighted by molar-refractivity contribution is 6.31. The van der Waals surface area contributed by atoms with E-state index in [1.54, 1.807) is 0 Å². The molecule has 2 atom stereocenters. The van der Waals surface area contributed by atoms with Crippen LogP contribution in [-0.2, 0) is 4.79 Å². The number of halogens is 6. The molecule has 1 aromatic carbocycles. The predicted molar refractivity (Wildman–Crippen MR) is 101 cm³/mol. The molecule has 11 heteroatoms. The molecule has 1 saturated heterocycles. The fraction of sp³-hybridized carbons (Fsp3) is 0.600. The number of nitrogens with one attached hydrogen (secondary N) is 2. The molecule has 31 heavy (non-hydrogen) atoms. The summed E-state index contributed by atoms with van der Waals surface area (Å²) >= 11 is 5.67. The molecular weight excluding hydrogens is 445 g/mol. The van der Waals surface area contributed by atoms with Gasteiger partial charge in [0, 0.05) is 18.7 Å². The second kappa shape index (κ2) is 8.11. The lowest BCUT2D eigenvalue weighted by Crippen LogP contribution is -2.61. The minimum Gasteiger partial charge on any atom is -0.353 e. The van der Waals surface area contributed by atoms with E-state index < -0.39 is 52.8 Å². The lowest BCUT2D eigenvalue weighted by atomic mass is 9.69. The van der Waals surface area contributed by atoms with Crippen LogP contribution in [0.15, 0.2) is 12.1 Å². The number of carbonyl (C=O) groups is 2. The molecule has 1 heterocycles. The third-order valence-corrected chi connectivity index (χ3v) is 6.72. The summed E-state index contributed by atoms with van der Waals surface area (Å²) in [6.07, 6.45) is -3.39. The summed E-state index contributed by atoms with van der Waals surface area (Å²) in [6.45, 7) is 0.477. The van der Waals surface area contributed by atoms with Gasteiger partial charge in [0.1, 0.15) is 22.7 Å². The average molecular weight is 466 g/mol. The first kappa shape index (κ1) is 22.1. The molecule has 1 aromatic rings. The lowest BCUT2D eigenvalue weighted by molar-refractivity contribution is -0.206. The topological polar surface area (TPSA) is 61.4 Å². The van der Waals surface area contributed by atoms with E-state index in [2.05, 4.69) is 10.6 Å². The Bertz CT molecular complexity index is 886. The predicted octanol–water partition coefficient (Wildman–Crippen LogP) is 4.17. The molecule has 3 aliphatic rings. The van der Waals surface area contributed by atoms with Crippen molar-refractivity contribution >= 4 is 23.5 Å². The van der Waals surface area contributed by atoms with Crippen LogP contribution < -0.4 is 10.6 Å². The first-order valence-corrected chi connectivity index (χ1v) is 10.5. The number of rotatable bonds is 4. The van der Waals surface area contributed by atoms with E-state index in [1.807, 2.05) is 0 Å². The number of carbonyl (C=O) groups excluding carboxylic acids is 2. The van der Waals surface area contributed by atoms with Crippen molar-refractivity contribution in [1.82, 2.24) is 15.5 Å². The van der Waals surface area contributed by atoms with Gasteiger partial charge in [-0.05, 0) is 43.6 Å². The number of hydrogen-bond acceptors (Lipinski definition) is 2. The molecule has 170 valence electrons. The van der Waals surface area contributed by atoms with Crippen LogP contribution in [0.25, 0.3) is 0 Å². The van der Waals surface area contributed by atoms with E-state index in [4.69, 9.17) is 11.6 Å². The Morgan fingerprint density at radius 1 is 1.23 bits per heavy atom. The Morgan fingerprint density at radius 3 is 2.52 bits per heavy atom. The van der Waals surface area contributed by atoms with Gasteiger partial charge in [-0.15, -0.1) is 0 Å². The number of amides is 3. The highest BCUT2D eigenvalue weighted by Crippen LogP contribution is 2.50. The van der Waals surface area contributed by atoms with Gasteiger partial charge in [0.25, 0.3) is 0 Å². The van der Waals surface area contributed by atoms with Gasteiger partial charge < -0.3 is 15.5 Å². The van der Waals surface area contributed by atoms with E-state index >= 15 is 0 Å². The number of piperazine rings is 1. The van der Waals surface area contributed by atoms with Crippen LogP contribution in [0.1, 0.15) is 37.3 Å². The summed E-state index contributed by atoms with van der Waals surface area (Å²) in [5.41, 5.74) is -0.171. The van der Waals surface area contributed by atoms with Crippen LogP contribution >= 0.6 is 11.6 Å². The fourth-order valence-electron chi connectivity index (χ4n) is 4.44. The van der Waals surface area contributed by atoms with Crippen LogP contribution in [0.2, 0.25) is 5.02 Å². The van der Waals surface area contributed by atoms with Gasteiger partial charge in [0.05, 0.1) is 12.0 Å². The van der Waals surface area contributed by atoms with Crippen molar-refractivity contribution in [2.75, 3.05) is 13.1 Å². The van der Waals surface area contributed by atoms with Crippen LogP contribution in [0.5, 0.6) is 0 Å². The number of nitrogens with zero attached hydrogens (tertiary/aromatic N) is 1. The minimum absolute atomic E-state index is 0.0276. The van der Waals surface area contributed by atoms with E-state index in [0.29, 0.717) is 0 Å². The van der Waals surface area contributed by atoms with Crippen molar-refractivity contribution in [3.8, 4) is 0 Å². The second-order valence-corrected chi connectivity index (χ2v) is 8.81. The first-order chi connectivity index (χ1) is 14.6. The van der Waals surface area contributed by atoms with Gasteiger partial charge in [0.15, 0.2) is 0 Å². The summed E-state index contributed by atoms with van der Waals surface area (Å²) in [6, 6.07) is -0.452. The Labute approximate surface area is 180 Å². The summed E-state index contributed by atoms with van der Waals surface area (Å²) in [4.78, 5) is 26.7. The lowest BCUT2D eigenvalue weighted by Gasteiger charge is -2.43. The third-order valence-electron chi connectivity index (χ3n) is 6.37. The summed E-state index contributed by atoms with van der Waals surface area (Å²) in [5, 5.41) is 4.54. The molecule has 0 unspecified atom stereocenters. The monoisotopic (exact) mass is 465 g/mol. The Morgan fingerprint density at radius 2 is 1.90 bits per heavy atom. The van der Waals surface area contributed by atoms with Gasteiger partial charge in [-0.3, -0.25) is 4.79 Å². The van der Waals surface area contributed by atoms with Crippen LogP contribution in [0, 0.1) is 29.4 Å². The standard InChI is InChI=1S/C20H21ClF5N3O2/c21-14-13(22)4-3-12(15(14)23)16(10-7-11(8-10)20(24,25)26)28-19(31)29-6-5-27-18(30)17(29)9-1-2-9/h3-4,9-11,16-17H,1-2,5-8H2,(H,27,30)(H,28,31)/t10?,11?,16-,17+/m0/s1. The summed E-state index contributed by atoms with van der Waals surface area (Å²) in [7, 11) is 0. The van der Waals surface area contributed by atoms with E-state index in [0.717, 1.165) is 25.0 Å². The fourth-order valence-corrected chi connectivity index (χ4v) is 4.61. The molecule has 2 N–H and O–H groups in total. The van der Waals surface area contributed by atoms with E-state index in [9.17, 15) is 31.5 Å². The minimum atomic E-state index is -4.38. The molecule has 0 radical (unpaired) electrons. The zero-order valence-corrected chi connectivity index (χ0v) is 17.1. The van der Waals surface area contributed by atoms with Crippen LogP contribution in [-0.4, -0.2) is 42.1 Å². The number of alkyl halides is 3. The summed E-state index contributed by atoms with van der Waals surface area (Å²) < 4.78 is 67.3. The molecule has 0 aromatic heterocycles. The zero-order valence-electron chi connectivity index (χ0n) is 16.3. The molecule has 0 bridgehead atoms. The Kier molecular flexibility index (Phi) is 5.78. The second-order valence-electron chi connectivity index (χ2n) is 8.43. The molecule has 1 aliphatic heterocycles. The van der Waals surface area contributed by atoms with Gasteiger partial charge in [-0.2, -0.15) is 13.2 Å². The smallest absolute Gasteiger partial charge is 0.353 e. The zero-order chi connectivity index (χ0) is 22.5. The normalized spacial score (nSPS) is 27.4. The molecular formula is C20H21ClF5N3O2. The van der Waals surface area contributed by atoms with E-state index in [-0.39, 0.29) is 43.3 Å². The van der Waals surface area contributed by atoms with Crippen molar-refractivity contribution in [1.29, 1.82) is 0 Å². The van der Waals surface area contributed by atoms with Gasteiger partial charge >= 0.3 is 12.2 Å². The highest BCUT2D eigenvalue weighted by Gasteiger charge is 2.51. The maximum absolute atomic E-state index is 14.7. The number of urea groups is 1. The Balaban J connectivity index is 1.58. The molecule has 2 saturated carbocycles. The number of benzene rings is 1. The molecule has 4 rings (SSSR count). The van der Waals surface area contributed by atoms with Crippen molar-refractivity contribution in [3.63, 3.8) is 0 Å². The quantitative estimate of drug-likeness (QED) is 0.518. The number of hydrogen-bond donors (Lipinski definition) is 2. The summed E-state index contributed by atoms with van der Waals surface area (Å²) in [5.74, 6) is -4.62. The molecule has 3 amide bonds. The molecule has 3 fully saturated rings. The van der Waals surface area contributed by atoms with Crippen molar-refractivity contribution in [3.05, 3.63) is 34.4 Å². The average Bonchev–Trinajstić information content (AvgIpc) is 3.48. The van der Waals surface area contributed by atoms with E-state index in [1.165, 1.54) is 4.90 Å². The first-order valence-electron chi connectivity index (χ1n) is 10.1. The van der Waals surface area contributed by atoms with Crippen molar-refractivity contribution < 1.29 is 31.5 Å². The Hall–Kier alpha value is -2.10. The third kappa shape index (κ3) is 4.31. The molecule has 0 spiro atoms. The van der Waals surface area contributed by atoms with Gasteiger partial charge in [-0.25, -0.2) is 13.6 Å². The molecule has 2 aliphatic carbocycles. The largest absolute Gasteiger partial charge is 0.391 e.